The van der Waals surface area contributed by atoms with Crippen LogP contribution in [0.25, 0.3) is 0 Å². The minimum absolute atomic E-state index is 0.00291. The first-order chi connectivity index (χ1) is 19.1. The van der Waals surface area contributed by atoms with Gasteiger partial charge in [0.1, 0.15) is 6.10 Å². The molecule has 0 heterocycles. The molecule has 3 aromatic carbocycles. The van der Waals surface area contributed by atoms with Crippen LogP contribution in [0.1, 0.15) is 71.2 Å². The van der Waals surface area contributed by atoms with Crippen molar-refractivity contribution < 1.29 is 36.8 Å². The van der Waals surface area contributed by atoms with E-state index in [0.717, 1.165) is 17.4 Å². The van der Waals surface area contributed by atoms with E-state index in [1.165, 1.54) is 12.1 Å². The van der Waals surface area contributed by atoms with E-state index in [0.29, 0.717) is 16.7 Å². The molecule has 0 aliphatic heterocycles. The van der Waals surface area contributed by atoms with E-state index >= 15 is 0 Å². The fraction of sp³-hybridized carbons (Fsp3) is 0.355. The third kappa shape index (κ3) is 11.8. The Bertz CT molecular complexity index is 1440. The first-order valence-corrected chi connectivity index (χ1v) is 14.9. The number of rotatable bonds is 9. The predicted octanol–water partition coefficient (Wildman–Crippen LogP) is 5.15. The number of esters is 2. The molecular formula is C31H39NO8S. The van der Waals surface area contributed by atoms with Gasteiger partial charge in [-0.05, 0) is 83.5 Å². The Morgan fingerprint density at radius 3 is 1.78 bits per heavy atom. The summed E-state index contributed by atoms with van der Waals surface area (Å²) in [4.78, 5) is 25.8. The van der Waals surface area contributed by atoms with Crippen molar-refractivity contribution in [3.8, 4) is 11.5 Å². The van der Waals surface area contributed by atoms with E-state index in [1.807, 2.05) is 46.8 Å². The van der Waals surface area contributed by atoms with Crippen molar-refractivity contribution in [2.75, 3.05) is 19.4 Å². The Morgan fingerprint density at radius 1 is 0.854 bits per heavy atom. The lowest BCUT2D eigenvalue weighted by Crippen LogP contribution is -2.39. The van der Waals surface area contributed by atoms with E-state index < -0.39 is 28.2 Å². The Balaban J connectivity index is 0.00000187. The van der Waals surface area contributed by atoms with Crippen molar-refractivity contribution in [3.05, 3.63) is 94.5 Å². The highest BCUT2D eigenvalue weighted by molar-refractivity contribution is 7.86. The highest BCUT2D eigenvalue weighted by Crippen LogP contribution is 2.33. The van der Waals surface area contributed by atoms with Crippen molar-refractivity contribution in [1.29, 1.82) is 0 Å². The van der Waals surface area contributed by atoms with Gasteiger partial charge in [0.25, 0.3) is 10.1 Å². The van der Waals surface area contributed by atoms with E-state index in [9.17, 15) is 18.0 Å². The highest BCUT2D eigenvalue weighted by Gasteiger charge is 2.24. The van der Waals surface area contributed by atoms with Crippen LogP contribution in [0.4, 0.5) is 0 Å². The lowest BCUT2D eigenvalue weighted by atomic mass is 10.1. The van der Waals surface area contributed by atoms with Crippen LogP contribution in [0.3, 0.4) is 0 Å². The predicted molar refractivity (Wildman–Crippen MR) is 158 cm³/mol. The van der Waals surface area contributed by atoms with E-state index in [4.69, 9.17) is 18.8 Å². The molecule has 222 valence electrons. The molecule has 3 aromatic rings. The molecule has 0 amide bonds. The summed E-state index contributed by atoms with van der Waals surface area (Å²) < 4.78 is 40.6. The van der Waals surface area contributed by atoms with Crippen LogP contribution < -0.4 is 14.8 Å². The average Bonchev–Trinajstić information content (AvgIpc) is 2.87. The third-order valence-electron chi connectivity index (χ3n) is 5.36. The topological polar surface area (TPSA) is 128 Å². The van der Waals surface area contributed by atoms with Crippen molar-refractivity contribution in [2.45, 2.75) is 53.2 Å². The second-order valence-electron chi connectivity index (χ2n) is 10.5. The molecule has 0 aliphatic carbocycles. The summed E-state index contributed by atoms with van der Waals surface area (Å²) in [6.45, 7) is 11.6. The molecule has 0 bridgehead atoms. The van der Waals surface area contributed by atoms with Gasteiger partial charge in [-0.25, -0.2) is 9.59 Å². The number of nitrogens with one attached hydrogen (secondary N) is 1. The maximum absolute atomic E-state index is 13.0. The number of hydrogen-bond acceptors (Lipinski definition) is 9. The fourth-order valence-electron chi connectivity index (χ4n) is 3.57. The minimum Gasteiger partial charge on any atom is -0.419 e. The molecule has 0 aliphatic rings. The van der Waals surface area contributed by atoms with E-state index in [2.05, 4.69) is 5.32 Å². The van der Waals surface area contributed by atoms with Crippen molar-refractivity contribution in [3.63, 3.8) is 0 Å². The Hall–Kier alpha value is -3.57. The first-order valence-electron chi connectivity index (χ1n) is 13.1. The van der Waals surface area contributed by atoms with Gasteiger partial charge in [-0.3, -0.25) is 4.18 Å². The molecule has 0 spiro atoms. The second-order valence-corrected chi connectivity index (χ2v) is 12.1. The molecule has 1 atom stereocenters. The van der Waals surface area contributed by atoms with Gasteiger partial charge in [0.05, 0.1) is 17.4 Å². The van der Waals surface area contributed by atoms with Crippen LogP contribution in [0.2, 0.25) is 0 Å². The standard InChI is InChI=1S/C29H33NO7S.C2H6O/c1-19-9-7-11-22(15-19)27(31)35-24-14-13-21(26(37-38(6,33)34)18-30-29(3,4)5)17-25(24)36-28(32)23-12-8-10-20(2)16-23;1-2-3/h7-17,26,30H,18H2,1-6H3;3H,2H2,1H3. The lowest BCUT2D eigenvalue weighted by molar-refractivity contribution is 0.0681. The fourth-order valence-corrected chi connectivity index (χ4v) is 4.17. The summed E-state index contributed by atoms with van der Waals surface area (Å²) >= 11 is 0. The third-order valence-corrected chi connectivity index (χ3v) is 5.94. The summed E-state index contributed by atoms with van der Waals surface area (Å²) in [7, 11) is -3.83. The monoisotopic (exact) mass is 585 g/mol. The number of aryl methyl sites for hydroxylation is 2. The molecule has 10 heteroatoms. The summed E-state index contributed by atoms with van der Waals surface area (Å²) in [6.07, 6.45) is 0.0375. The Labute approximate surface area is 242 Å². The van der Waals surface area contributed by atoms with Crippen LogP contribution >= 0.6 is 0 Å². The molecule has 41 heavy (non-hydrogen) atoms. The molecule has 1 unspecified atom stereocenters. The van der Waals surface area contributed by atoms with Crippen LogP contribution in [0.5, 0.6) is 11.5 Å². The lowest BCUT2D eigenvalue weighted by Gasteiger charge is -2.25. The van der Waals surface area contributed by atoms with Gasteiger partial charge in [0, 0.05) is 18.7 Å². The molecule has 0 saturated carbocycles. The molecule has 3 rings (SSSR count). The Kier molecular flexibility index (Phi) is 12.2. The number of aliphatic hydroxyl groups is 1. The van der Waals surface area contributed by atoms with E-state index in [1.54, 1.807) is 49.4 Å². The quantitative estimate of drug-likeness (QED) is 0.199. The first kappa shape index (κ1) is 33.6. The van der Waals surface area contributed by atoms with Gasteiger partial charge in [0.2, 0.25) is 0 Å². The van der Waals surface area contributed by atoms with Gasteiger partial charge in [-0.15, -0.1) is 0 Å². The smallest absolute Gasteiger partial charge is 0.343 e. The zero-order valence-electron chi connectivity index (χ0n) is 24.6. The molecule has 9 nitrogen and oxygen atoms in total. The highest BCUT2D eigenvalue weighted by atomic mass is 32.2. The molecule has 0 fully saturated rings. The number of benzene rings is 3. The number of aliphatic hydroxyl groups excluding tert-OH is 1. The number of hydrogen-bond donors (Lipinski definition) is 2. The zero-order chi connectivity index (χ0) is 30.8. The van der Waals surface area contributed by atoms with Crippen LogP contribution in [-0.2, 0) is 14.3 Å². The summed E-state index contributed by atoms with van der Waals surface area (Å²) in [5.74, 6) is -1.34. The zero-order valence-corrected chi connectivity index (χ0v) is 25.4. The number of carbonyl (C=O) groups is 2. The van der Waals surface area contributed by atoms with Gasteiger partial charge in [-0.1, -0.05) is 41.5 Å². The largest absolute Gasteiger partial charge is 0.419 e. The number of carbonyl (C=O) groups excluding carboxylic acids is 2. The normalized spacial score (nSPS) is 12.1. The molecule has 2 N–H and O–H groups in total. The maximum Gasteiger partial charge on any atom is 0.343 e. The van der Waals surface area contributed by atoms with Gasteiger partial charge in [0.15, 0.2) is 11.5 Å². The van der Waals surface area contributed by atoms with Crippen LogP contribution in [-0.4, -0.2) is 50.4 Å². The summed E-state index contributed by atoms with van der Waals surface area (Å²) in [6, 6.07) is 18.2. The van der Waals surface area contributed by atoms with Crippen LogP contribution in [0.15, 0.2) is 66.7 Å². The number of ether oxygens (including phenoxy) is 2. The van der Waals surface area contributed by atoms with Gasteiger partial charge < -0.3 is 19.9 Å². The van der Waals surface area contributed by atoms with E-state index in [-0.39, 0.29) is 30.2 Å². The minimum atomic E-state index is -3.83. The summed E-state index contributed by atoms with van der Waals surface area (Å²) in [5.41, 5.74) is 2.49. The SMILES string of the molecule is CCO.Cc1cccc(C(=O)Oc2ccc(C(CNC(C)(C)C)OS(C)(=O)=O)cc2OC(=O)c2cccc(C)c2)c1. The molecule has 0 aromatic heterocycles. The van der Waals surface area contributed by atoms with Crippen LogP contribution in [0, 0.1) is 13.8 Å². The summed E-state index contributed by atoms with van der Waals surface area (Å²) in [5, 5.41) is 10.8. The molecule has 0 radical (unpaired) electrons. The van der Waals surface area contributed by atoms with Gasteiger partial charge >= 0.3 is 11.9 Å². The van der Waals surface area contributed by atoms with Gasteiger partial charge in [-0.2, -0.15) is 8.42 Å². The average molecular weight is 586 g/mol. The molecular weight excluding hydrogens is 546 g/mol. The second kappa shape index (κ2) is 14.9. The van der Waals surface area contributed by atoms with Crippen molar-refractivity contribution in [1.82, 2.24) is 5.32 Å². The molecule has 0 saturated heterocycles. The van der Waals surface area contributed by atoms with Crippen molar-refractivity contribution >= 4 is 22.1 Å². The maximum atomic E-state index is 13.0. The van der Waals surface area contributed by atoms with Crippen molar-refractivity contribution in [2.24, 2.45) is 0 Å². The Morgan fingerprint density at radius 2 is 1.34 bits per heavy atom.